The Morgan fingerprint density at radius 1 is 1.46 bits per heavy atom. The van der Waals surface area contributed by atoms with Gasteiger partial charge >= 0.3 is 0 Å². The van der Waals surface area contributed by atoms with E-state index in [1.54, 1.807) is 12.5 Å². The van der Waals surface area contributed by atoms with Gasteiger partial charge in [0.1, 0.15) is 0 Å². The number of nitrogens with two attached hydrogens (primary N) is 3. The van der Waals surface area contributed by atoms with Crippen LogP contribution < -0.4 is 17.2 Å². The average Bonchev–Trinajstić information content (AvgIpc) is 2.60. The summed E-state index contributed by atoms with van der Waals surface area (Å²) in [7, 11) is 3.04. The number of aryl methyl sites for hydroxylation is 1. The predicted octanol–water partition coefficient (Wildman–Crippen LogP) is -0.817. The Morgan fingerprint density at radius 2 is 1.92 bits per heavy atom. The first-order chi connectivity index (χ1) is 6.16. The Labute approximate surface area is 78.2 Å². The van der Waals surface area contributed by atoms with Gasteiger partial charge in [0, 0.05) is 18.9 Å². The van der Waals surface area contributed by atoms with Crippen molar-refractivity contribution in [2.75, 3.05) is 14.1 Å². The lowest BCUT2D eigenvalue weighted by Crippen LogP contribution is -2.21. The van der Waals surface area contributed by atoms with Crippen LogP contribution in [0.3, 0.4) is 0 Å². The van der Waals surface area contributed by atoms with E-state index in [-0.39, 0.29) is 5.96 Å². The molecule has 0 aliphatic carbocycles. The van der Waals surface area contributed by atoms with E-state index in [2.05, 4.69) is 20.7 Å². The topological polar surface area (TPSA) is 119 Å². The molecule has 13 heavy (non-hydrogen) atoms. The third kappa shape index (κ3) is 13.4. The van der Waals surface area contributed by atoms with Crippen LogP contribution in [0.5, 0.6) is 0 Å². The summed E-state index contributed by atoms with van der Waals surface area (Å²) in [4.78, 5) is 10.0. The van der Waals surface area contributed by atoms with Crippen LogP contribution in [0.1, 0.15) is 5.69 Å². The third-order valence-electron chi connectivity index (χ3n) is 0.893. The first-order valence-electron chi connectivity index (χ1n) is 3.67. The van der Waals surface area contributed by atoms with Crippen molar-refractivity contribution in [3.8, 4) is 0 Å². The van der Waals surface area contributed by atoms with Crippen LogP contribution in [0, 0.1) is 6.92 Å². The summed E-state index contributed by atoms with van der Waals surface area (Å²) in [5, 5.41) is 0. The van der Waals surface area contributed by atoms with E-state index in [0.717, 1.165) is 5.69 Å². The van der Waals surface area contributed by atoms with Crippen LogP contribution in [-0.4, -0.2) is 30.0 Å². The smallest absolute Gasteiger partial charge is 0.185 e. The van der Waals surface area contributed by atoms with Crippen molar-refractivity contribution in [2.45, 2.75) is 6.92 Å². The fourth-order valence-electron chi connectivity index (χ4n) is 0.325. The highest BCUT2D eigenvalue weighted by molar-refractivity contribution is 5.75. The fraction of sp³-hybridized carbons (Fsp3) is 0.429. The molecular formula is C7H18N6. The van der Waals surface area contributed by atoms with Gasteiger partial charge in [-0.2, -0.15) is 0 Å². The zero-order valence-electron chi connectivity index (χ0n) is 8.28. The SMILES string of the molecule is CN.CN=C(N)N.Cc1cnc[nH]1. The molecule has 7 N–H and O–H groups in total. The molecule has 0 unspecified atom stereocenters. The maximum atomic E-state index is 4.82. The van der Waals surface area contributed by atoms with Crippen molar-refractivity contribution in [3.05, 3.63) is 18.2 Å². The Balaban J connectivity index is 0. The largest absolute Gasteiger partial charge is 0.370 e. The normalized spacial score (nSPS) is 7.08. The Hall–Kier alpha value is -1.56. The number of rotatable bonds is 0. The minimum Gasteiger partial charge on any atom is -0.370 e. The lowest BCUT2D eigenvalue weighted by molar-refractivity contribution is 1.25. The average molecular weight is 186 g/mol. The van der Waals surface area contributed by atoms with Crippen molar-refractivity contribution in [1.29, 1.82) is 0 Å². The lowest BCUT2D eigenvalue weighted by Gasteiger charge is -1.77. The van der Waals surface area contributed by atoms with E-state index < -0.39 is 0 Å². The number of aliphatic imine (C=N–C) groups is 1. The van der Waals surface area contributed by atoms with Crippen LogP contribution in [0.4, 0.5) is 0 Å². The maximum Gasteiger partial charge on any atom is 0.185 e. The first-order valence-corrected chi connectivity index (χ1v) is 3.67. The molecular weight excluding hydrogens is 168 g/mol. The molecule has 6 heteroatoms. The number of H-pyrrole nitrogens is 1. The number of imidazole rings is 1. The number of hydrogen-bond donors (Lipinski definition) is 4. The molecule has 1 heterocycles. The van der Waals surface area contributed by atoms with Crippen LogP contribution in [0.2, 0.25) is 0 Å². The molecule has 0 amide bonds. The highest BCUT2D eigenvalue weighted by atomic mass is 15.0. The minimum atomic E-state index is 0.130. The van der Waals surface area contributed by atoms with Gasteiger partial charge in [0.05, 0.1) is 6.33 Å². The van der Waals surface area contributed by atoms with Gasteiger partial charge in [-0.3, -0.25) is 4.99 Å². The summed E-state index contributed by atoms with van der Waals surface area (Å²) in [6.07, 6.45) is 3.44. The molecule has 0 radical (unpaired) electrons. The predicted molar refractivity (Wildman–Crippen MR) is 55.2 cm³/mol. The summed E-state index contributed by atoms with van der Waals surface area (Å²) >= 11 is 0. The Bertz CT molecular complexity index is 199. The number of aromatic amines is 1. The highest BCUT2D eigenvalue weighted by Gasteiger charge is 1.73. The van der Waals surface area contributed by atoms with Crippen molar-refractivity contribution in [2.24, 2.45) is 22.2 Å². The number of nitrogens with zero attached hydrogens (tertiary/aromatic N) is 2. The summed E-state index contributed by atoms with van der Waals surface area (Å²) in [5.74, 6) is 0.130. The van der Waals surface area contributed by atoms with Gasteiger partial charge in [-0.05, 0) is 14.0 Å². The fourth-order valence-corrected chi connectivity index (χ4v) is 0.325. The van der Waals surface area contributed by atoms with Gasteiger partial charge in [-0.1, -0.05) is 0 Å². The molecule has 0 fully saturated rings. The van der Waals surface area contributed by atoms with E-state index in [9.17, 15) is 0 Å². The zero-order valence-corrected chi connectivity index (χ0v) is 8.28. The number of aromatic nitrogens is 2. The molecule has 0 bridgehead atoms. The minimum absolute atomic E-state index is 0.130. The first kappa shape index (κ1) is 14.0. The van der Waals surface area contributed by atoms with E-state index >= 15 is 0 Å². The van der Waals surface area contributed by atoms with Crippen molar-refractivity contribution in [1.82, 2.24) is 9.97 Å². The van der Waals surface area contributed by atoms with E-state index in [4.69, 9.17) is 11.5 Å². The van der Waals surface area contributed by atoms with Crippen LogP contribution >= 0.6 is 0 Å². The van der Waals surface area contributed by atoms with E-state index in [1.165, 1.54) is 14.1 Å². The number of nitrogens with one attached hydrogen (secondary N) is 1. The summed E-state index contributed by atoms with van der Waals surface area (Å²) < 4.78 is 0. The third-order valence-corrected chi connectivity index (χ3v) is 0.893. The van der Waals surface area contributed by atoms with Gasteiger partial charge < -0.3 is 22.2 Å². The quantitative estimate of drug-likeness (QED) is 0.312. The molecule has 1 rings (SSSR count). The van der Waals surface area contributed by atoms with Crippen LogP contribution in [-0.2, 0) is 0 Å². The molecule has 0 aliphatic rings. The van der Waals surface area contributed by atoms with Crippen molar-refractivity contribution >= 4 is 5.96 Å². The van der Waals surface area contributed by atoms with Gasteiger partial charge in [0.15, 0.2) is 5.96 Å². The second-order valence-electron chi connectivity index (χ2n) is 1.88. The molecule has 0 spiro atoms. The van der Waals surface area contributed by atoms with Crippen LogP contribution in [0.25, 0.3) is 0 Å². The van der Waals surface area contributed by atoms with Gasteiger partial charge in [0.25, 0.3) is 0 Å². The molecule has 1 aromatic rings. The molecule has 6 nitrogen and oxygen atoms in total. The second-order valence-corrected chi connectivity index (χ2v) is 1.88. The molecule has 0 aliphatic heterocycles. The maximum absolute atomic E-state index is 4.82. The summed E-state index contributed by atoms with van der Waals surface area (Å²) in [6.45, 7) is 1.97. The summed E-state index contributed by atoms with van der Waals surface area (Å²) in [5.41, 5.74) is 15.2. The standard InChI is InChI=1S/C4H6N2.C2H7N3.CH5N/c1-4-2-5-3-6-4;1-5-2(3)4;1-2/h2-3H,1H3,(H,5,6);1H3,(H4,3,4,5);2H2,1H3. The monoisotopic (exact) mass is 186 g/mol. The molecule has 1 aromatic heterocycles. The van der Waals surface area contributed by atoms with E-state index in [1.807, 2.05) is 6.92 Å². The summed E-state index contributed by atoms with van der Waals surface area (Å²) in [6, 6.07) is 0. The number of hydrogen-bond acceptors (Lipinski definition) is 3. The zero-order chi connectivity index (χ0) is 10.7. The Kier molecular flexibility index (Phi) is 11.2. The van der Waals surface area contributed by atoms with Gasteiger partial charge in [-0.15, -0.1) is 0 Å². The molecule has 76 valence electrons. The van der Waals surface area contributed by atoms with Crippen molar-refractivity contribution < 1.29 is 0 Å². The molecule has 0 saturated carbocycles. The molecule has 0 atom stereocenters. The van der Waals surface area contributed by atoms with Gasteiger partial charge in [-0.25, -0.2) is 4.98 Å². The van der Waals surface area contributed by atoms with Crippen LogP contribution in [0.15, 0.2) is 17.5 Å². The highest BCUT2D eigenvalue weighted by Crippen LogP contribution is 1.81. The second kappa shape index (κ2) is 10.4. The number of guanidine groups is 1. The lowest BCUT2D eigenvalue weighted by atomic mass is 10.6. The van der Waals surface area contributed by atoms with Crippen molar-refractivity contribution in [3.63, 3.8) is 0 Å². The Morgan fingerprint density at radius 3 is 2.00 bits per heavy atom. The van der Waals surface area contributed by atoms with Gasteiger partial charge in [0.2, 0.25) is 0 Å². The molecule has 0 aromatic carbocycles. The molecule has 0 saturated heterocycles. The van der Waals surface area contributed by atoms with E-state index in [0.29, 0.717) is 0 Å².